The summed E-state index contributed by atoms with van der Waals surface area (Å²) in [5, 5.41) is 7.84. The van der Waals surface area contributed by atoms with Crippen LogP contribution in [0.15, 0.2) is 71.9 Å². The second-order valence-electron chi connectivity index (χ2n) is 4.65. The number of nitroso groups, excluding NO2 is 1. The molecule has 0 saturated carbocycles. The number of hydrogen-bond acceptors (Lipinski definition) is 3. The molecule has 0 bridgehead atoms. The maximum atomic E-state index is 12.1. The number of benzene rings is 3. The van der Waals surface area contributed by atoms with Crippen molar-refractivity contribution < 1.29 is 4.79 Å². The fourth-order valence-corrected chi connectivity index (χ4v) is 2.14. The number of amides is 1. The van der Waals surface area contributed by atoms with Crippen molar-refractivity contribution in [3.8, 4) is 0 Å². The third-order valence-corrected chi connectivity index (χ3v) is 3.24. The Kier molecular flexibility index (Phi) is 3.43. The topological polar surface area (TPSA) is 58.5 Å². The van der Waals surface area contributed by atoms with Gasteiger partial charge in [-0.05, 0) is 52.3 Å². The quantitative estimate of drug-likeness (QED) is 0.716. The number of carbonyl (C=O) groups excluding carboxylic acids is 1. The molecule has 0 aliphatic rings. The summed E-state index contributed by atoms with van der Waals surface area (Å²) < 4.78 is 0. The zero-order chi connectivity index (χ0) is 14.7. The smallest absolute Gasteiger partial charge is 0.255 e. The maximum absolute atomic E-state index is 12.1. The Balaban J connectivity index is 1.83. The van der Waals surface area contributed by atoms with Crippen molar-refractivity contribution in [3.05, 3.63) is 77.2 Å². The van der Waals surface area contributed by atoms with E-state index in [1.54, 1.807) is 12.1 Å². The molecule has 0 fully saturated rings. The average molecular weight is 276 g/mol. The molecule has 21 heavy (non-hydrogen) atoms. The van der Waals surface area contributed by atoms with E-state index >= 15 is 0 Å². The van der Waals surface area contributed by atoms with E-state index in [2.05, 4.69) is 10.5 Å². The molecule has 3 rings (SSSR count). The first-order valence-electron chi connectivity index (χ1n) is 6.50. The van der Waals surface area contributed by atoms with Crippen LogP contribution in [0.2, 0.25) is 0 Å². The standard InChI is InChI=1S/C17H12N2O2/c20-17(13-6-8-15(19-21)9-7-13)18-16-10-5-12-3-1-2-4-14(12)11-16/h1-11H,(H,18,20). The van der Waals surface area contributed by atoms with E-state index in [1.165, 1.54) is 12.1 Å². The molecule has 4 nitrogen and oxygen atoms in total. The maximum Gasteiger partial charge on any atom is 0.255 e. The summed E-state index contributed by atoms with van der Waals surface area (Å²) in [7, 11) is 0. The SMILES string of the molecule is O=Nc1ccc(C(=O)Nc2ccc3ccccc3c2)cc1. The molecule has 0 saturated heterocycles. The summed E-state index contributed by atoms with van der Waals surface area (Å²) in [5.41, 5.74) is 1.52. The first kappa shape index (κ1) is 13.0. The van der Waals surface area contributed by atoms with Crippen LogP contribution in [0.25, 0.3) is 10.8 Å². The molecule has 0 aliphatic heterocycles. The Labute approximate surface area is 121 Å². The van der Waals surface area contributed by atoms with Gasteiger partial charge in [-0.15, -0.1) is 4.91 Å². The van der Waals surface area contributed by atoms with Crippen LogP contribution in [-0.4, -0.2) is 5.91 Å². The van der Waals surface area contributed by atoms with Crippen LogP contribution in [0.5, 0.6) is 0 Å². The first-order valence-corrected chi connectivity index (χ1v) is 6.50. The third-order valence-electron chi connectivity index (χ3n) is 3.24. The molecule has 1 amide bonds. The van der Waals surface area contributed by atoms with Crippen molar-refractivity contribution in [2.24, 2.45) is 5.18 Å². The average Bonchev–Trinajstić information content (AvgIpc) is 2.55. The number of fused-ring (bicyclic) bond motifs is 1. The van der Waals surface area contributed by atoms with E-state index in [1.807, 2.05) is 42.5 Å². The van der Waals surface area contributed by atoms with Gasteiger partial charge in [0.25, 0.3) is 5.91 Å². The summed E-state index contributed by atoms with van der Waals surface area (Å²) in [5.74, 6) is -0.220. The van der Waals surface area contributed by atoms with Gasteiger partial charge in [-0.2, -0.15) is 0 Å². The number of carbonyl (C=O) groups is 1. The molecule has 3 aromatic rings. The highest BCUT2D eigenvalue weighted by molar-refractivity contribution is 6.05. The number of nitrogens with one attached hydrogen (secondary N) is 1. The summed E-state index contributed by atoms with van der Waals surface area (Å²) in [6.07, 6.45) is 0. The fourth-order valence-electron chi connectivity index (χ4n) is 2.14. The number of anilines is 1. The van der Waals surface area contributed by atoms with E-state index in [0.29, 0.717) is 11.3 Å². The zero-order valence-corrected chi connectivity index (χ0v) is 11.1. The largest absolute Gasteiger partial charge is 0.322 e. The van der Waals surface area contributed by atoms with Gasteiger partial charge >= 0.3 is 0 Å². The van der Waals surface area contributed by atoms with Crippen molar-refractivity contribution in [1.82, 2.24) is 0 Å². The minimum Gasteiger partial charge on any atom is -0.322 e. The highest BCUT2D eigenvalue weighted by Gasteiger charge is 2.06. The summed E-state index contributed by atoms with van der Waals surface area (Å²) >= 11 is 0. The van der Waals surface area contributed by atoms with Crippen LogP contribution in [0.4, 0.5) is 11.4 Å². The van der Waals surface area contributed by atoms with Crippen LogP contribution in [0.1, 0.15) is 10.4 Å². The molecule has 0 heterocycles. The molecule has 3 aromatic carbocycles. The van der Waals surface area contributed by atoms with E-state index < -0.39 is 0 Å². The molecule has 0 atom stereocenters. The van der Waals surface area contributed by atoms with Gasteiger partial charge in [0, 0.05) is 11.3 Å². The summed E-state index contributed by atoms with van der Waals surface area (Å²) in [6.45, 7) is 0. The lowest BCUT2D eigenvalue weighted by Crippen LogP contribution is -2.11. The lowest BCUT2D eigenvalue weighted by molar-refractivity contribution is 0.102. The van der Waals surface area contributed by atoms with Crippen LogP contribution < -0.4 is 5.32 Å². The lowest BCUT2D eigenvalue weighted by Gasteiger charge is -2.06. The van der Waals surface area contributed by atoms with Gasteiger partial charge in [-0.25, -0.2) is 0 Å². The van der Waals surface area contributed by atoms with Gasteiger partial charge in [0.2, 0.25) is 0 Å². The van der Waals surface area contributed by atoms with Gasteiger partial charge in [0.1, 0.15) is 5.69 Å². The van der Waals surface area contributed by atoms with Gasteiger partial charge in [0.15, 0.2) is 0 Å². The monoisotopic (exact) mass is 276 g/mol. The Morgan fingerprint density at radius 1 is 0.857 bits per heavy atom. The van der Waals surface area contributed by atoms with Crippen LogP contribution in [-0.2, 0) is 0 Å². The van der Waals surface area contributed by atoms with Crippen LogP contribution in [0.3, 0.4) is 0 Å². The van der Waals surface area contributed by atoms with Crippen molar-refractivity contribution in [2.45, 2.75) is 0 Å². The minimum atomic E-state index is -0.220. The van der Waals surface area contributed by atoms with E-state index in [-0.39, 0.29) is 5.91 Å². The normalized spacial score (nSPS) is 10.3. The first-order chi connectivity index (χ1) is 10.3. The molecule has 102 valence electrons. The Hall–Kier alpha value is -3.01. The minimum absolute atomic E-state index is 0.220. The molecule has 0 aromatic heterocycles. The highest BCUT2D eigenvalue weighted by atomic mass is 16.3. The summed E-state index contributed by atoms with van der Waals surface area (Å²) in [6, 6.07) is 19.9. The second-order valence-corrected chi connectivity index (χ2v) is 4.65. The van der Waals surface area contributed by atoms with Crippen LogP contribution in [0, 0.1) is 4.91 Å². The molecule has 0 aliphatic carbocycles. The van der Waals surface area contributed by atoms with Gasteiger partial charge in [-0.3, -0.25) is 4.79 Å². The Bertz CT molecular complexity index is 810. The highest BCUT2D eigenvalue weighted by Crippen LogP contribution is 2.20. The summed E-state index contributed by atoms with van der Waals surface area (Å²) in [4.78, 5) is 22.5. The van der Waals surface area contributed by atoms with Crippen molar-refractivity contribution in [1.29, 1.82) is 0 Å². The van der Waals surface area contributed by atoms with Crippen molar-refractivity contribution in [2.75, 3.05) is 5.32 Å². The van der Waals surface area contributed by atoms with Crippen LogP contribution >= 0.6 is 0 Å². The van der Waals surface area contributed by atoms with E-state index in [0.717, 1.165) is 16.5 Å². The number of rotatable bonds is 3. The van der Waals surface area contributed by atoms with Gasteiger partial charge < -0.3 is 5.32 Å². The Morgan fingerprint density at radius 2 is 1.57 bits per heavy atom. The van der Waals surface area contributed by atoms with Crippen molar-refractivity contribution in [3.63, 3.8) is 0 Å². The molecule has 0 radical (unpaired) electrons. The molecule has 0 spiro atoms. The Morgan fingerprint density at radius 3 is 2.29 bits per heavy atom. The third kappa shape index (κ3) is 2.79. The van der Waals surface area contributed by atoms with E-state index in [9.17, 15) is 9.70 Å². The van der Waals surface area contributed by atoms with Gasteiger partial charge in [-0.1, -0.05) is 30.3 Å². The molecule has 0 unspecified atom stereocenters. The number of nitrogens with zero attached hydrogens (tertiary/aromatic N) is 1. The molecule has 1 N–H and O–H groups in total. The lowest BCUT2D eigenvalue weighted by atomic mass is 10.1. The molecule has 4 heteroatoms. The molecular formula is C17H12N2O2. The second kappa shape index (κ2) is 5.54. The fraction of sp³-hybridized carbons (Fsp3) is 0. The number of hydrogen-bond donors (Lipinski definition) is 1. The van der Waals surface area contributed by atoms with E-state index in [4.69, 9.17) is 0 Å². The predicted molar refractivity (Wildman–Crippen MR) is 83.8 cm³/mol. The zero-order valence-electron chi connectivity index (χ0n) is 11.1. The molecular weight excluding hydrogens is 264 g/mol. The van der Waals surface area contributed by atoms with Gasteiger partial charge in [0.05, 0.1) is 0 Å². The predicted octanol–water partition coefficient (Wildman–Crippen LogP) is 4.49. The van der Waals surface area contributed by atoms with Crippen molar-refractivity contribution >= 4 is 28.1 Å².